The van der Waals surface area contributed by atoms with E-state index in [2.05, 4.69) is 4.98 Å². The maximum absolute atomic E-state index is 13.9. The predicted molar refractivity (Wildman–Crippen MR) is 109 cm³/mol. The lowest BCUT2D eigenvalue weighted by Crippen LogP contribution is -2.22. The number of imidazole rings is 1. The van der Waals surface area contributed by atoms with Crippen LogP contribution in [-0.4, -0.2) is 42.9 Å². The molecule has 11 heteroatoms. The Morgan fingerprint density at radius 1 is 1.19 bits per heavy atom. The van der Waals surface area contributed by atoms with Crippen molar-refractivity contribution in [2.75, 3.05) is 20.6 Å². The lowest BCUT2D eigenvalue weighted by atomic mass is 10.0. The molecule has 0 saturated carbocycles. The van der Waals surface area contributed by atoms with E-state index in [0.29, 0.717) is 5.56 Å². The lowest BCUT2D eigenvalue weighted by molar-refractivity contribution is -0.137. The van der Waals surface area contributed by atoms with Crippen LogP contribution in [0.1, 0.15) is 5.56 Å². The van der Waals surface area contributed by atoms with Gasteiger partial charge in [0.15, 0.2) is 0 Å². The van der Waals surface area contributed by atoms with Crippen molar-refractivity contribution in [2.45, 2.75) is 17.6 Å². The van der Waals surface area contributed by atoms with Crippen molar-refractivity contribution in [1.29, 1.82) is 0 Å². The van der Waals surface area contributed by atoms with Gasteiger partial charge in [-0.3, -0.25) is 0 Å². The Morgan fingerprint density at radius 3 is 2.39 bits per heavy atom. The van der Waals surface area contributed by atoms with Crippen LogP contribution in [0.2, 0.25) is 0 Å². The highest BCUT2D eigenvalue weighted by molar-refractivity contribution is 7.89. The summed E-state index contributed by atoms with van der Waals surface area (Å²) in [7, 11) is -0.930. The molecule has 2 aromatic carbocycles. The summed E-state index contributed by atoms with van der Waals surface area (Å²) in [5.74, 6) is -0.598. The molecule has 0 radical (unpaired) electrons. The topological polar surface area (TPSA) is 81.2 Å². The molecule has 0 saturated heterocycles. The highest BCUT2D eigenvalue weighted by Gasteiger charge is 2.32. The summed E-state index contributed by atoms with van der Waals surface area (Å²) < 4.78 is 81.3. The first-order chi connectivity index (χ1) is 14.4. The molecule has 0 unspecified atom stereocenters. The molecule has 2 N–H and O–H groups in total. The number of hydrogen-bond acceptors (Lipinski definition) is 4. The van der Waals surface area contributed by atoms with E-state index < -0.39 is 27.6 Å². The van der Waals surface area contributed by atoms with Gasteiger partial charge in [-0.2, -0.15) is 13.2 Å². The molecular weight excluding hydrogens is 436 g/mol. The summed E-state index contributed by atoms with van der Waals surface area (Å²) >= 11 is 0. The Hall–Kier alpha value is -2.76. The van der Waals surface area contributed by atoms with E-state index in [9.17, 15) is 26.0 Å². The summed E-state index contributed by atoms with van der Waals surface area (Å²) in [5, 5.41) is 0. The zero-order chi connectivity index (χ0) is 23.0. The van der Waals surface area contributed by atoms with Crippen molar-refractivity contribution in [3.05, 3.63) is 60.2 Å². The number of aromatic nitrogens is 2. The highest BCUT2D eigenvalue weighted by atomic mass is 32.2. The number of fused-ring (bicyclic) bond motifs is 1. The summed E-state index contributed by atoms with van der Waals surface area (Å²) in [5.41, 5.74) is 5.18. The van der Waals surface area contributed by atoms with E-state index in [0.717, 1.165) is 22.5 Å². The summed E-state index contributed by atoms with van der Waals surface area (Å²) in [4.78, 5) is 4.18. The largest absolute Gasteiger partial charge is 0.416 e. The van der Waals surface area contributed by atoms with Crippen LogP contribution in [0.5, 0.6) is 0 Å². The third-order valence-electron chi connectivity index (χ3n) is 4.66. The number of benzene rings is 2. The standard InChI is InChI=1S/C20H20F4N4O2S/c1-27(2)31(29,30)16-5-3-13(4-6-16)17-9-14(20(22,23)24)10-18-19(17)26-12-28(18)11-15(21)7-8-25/h3-7,9-10,12H,8,11,25H2,1-2H3/b15-7-. The number of hydrogen-bond donors (Lipinski definition) is 1. The van der Waals surface area contributed by atoms with Gasteiger partial charge in [-0.1, -0.05) is 12.1 Å². The molecule has 0 aliphatic carbocycles. The smallest absolute Gasteiger partial charge is 0.327 e. The van der Waals surface area contributed by atoms with Crippen LogP contribution in [0.3, 0.4) is 0 Å². The van der Waals surface area contributed by atoms with Crippen LogP contribution in [0, 0.1) is 0 Å². The van der Waals surface area contributed by atoms with E-state index in [1.807, 2.05) is 0 Å². The van der Waals surface area contributed by atoms with Crippen molar-refractivity contribution >= 4 is 21.1 Å². The Balaban J connectivity index is 2.18. The SMILES string of the molecule is CN(C)S(=O)(=O)c1ccc(-c2cc(C(F)(F)F)cc3c2ncn3C/C(F)=C/CN)cc1. The minimum Gasteiger partial charge on any atom is -0.327 e. The highest BCUT2D eigenvalue weighted by Crippen LogP contribution is 2.37. The first-order valence-electron chi connectivity index (χ1n) is 9.09. The normalized spacial score (nSPS) is 13.4. The Bertz CT molecular complexity index is 1230. The fraction of sp³-hybridized carbons (Fsp3) is 0.250. The summed E-state index contributed by atoms with van der Waals surface area (Å²) in [6, 6.07) is 7.32. The molecule has 0 aliphatic heterocycles. The second-order valence-corrected chi connectivity index (χ2v) is 9.11. The Morgan fingerprint density at radius 2 is 1.84 bits per heavy atom. The molecule has 0 spiro atoms. The van der Waals surface area contributed by atoms with Gasteiger partial charge < -0.3 is 10.3 Å². The van der Waals surface area contributed by atoms with Crippen molar-refractivity contribution in [1.82, 2.24) is 13.9 Å². The lowest BCUT2D eigenvalue weighted by Gasteiger charge is -2.13. The third kappa shape index (κ3) is 4.63. The van der Waals surface area contributed by atoms with Gasteiger partial charge in [0.25, 0.3) is 0 Å². The molecule has 0 fully saturated rings. The molecule has 166 valence electrons. The molecule has 1 aromatic heterocycles. The van der Waals surface area contributed by atoms with Crippen molar-refractivity contribution in [3.8, 4) is 11.1 Å². The van der Waals surface area contributed by atoms with Gasteiger partial charge in [-0.25, -0.2) is 22.1 Å². The number of nitrogens with two attached hydrogens (primary N) is 1. The summed E-state index contributed by atoms with van der Waals surface area (Å²) in [6.45, 7) is -0.353. The van der Waals surface area contributed by atoms with E-state index in [1.165, 1.54) is 49.3 Å². The Labute approximate surface area is 176 Å². The fourth-order valence-corrected chi connectivity index (χ4v) is 3.95. The maximum Gasteiger partial charge on any atom is 0.416 e. The second-order valence-electron chi connectivity index (χ2n) is 6.96. The first-order valence-corrected chi connectivity index (χ1v) is 10.5. The van der Waals surface area contributed by atoms with Crippen LogP contribution >= 0.6 is 0 Å². The molecular formula is C20H20F4N4O2S. The van der Waals surface area contributed by atoms with Crippen molar-refractivity contribution in [2.24, 2.45) is 5.73 Å². The maximum atomic E-state index is 13.9. The van der Waals surface area contributed by atoms with E-state index in [4.69, 9.17) is 5.73 Å². The molecule has 0 amide bonds. The number of rotatable bonds is 6. The van der Waals surface area contributed by atoms with Gasteiger partial charge in [0, 0.05) is 26.2 Å². The Kier molecular flexibility index (Phi) is 6.21. The van der Waals surface area contributed by atoms with E-state index >= 15 is 0 Å². The molecule has 3 rings (SSSR count). The van der Waals surface area contributed by atoms with Crippen LogP contribution in [0.25, 0.3) is 22.2 Å². The van der Waals surface area contributed by atoms with E-state index in [1.54, 1.807) is 0 Å². The monoisotopic (exact) mass is 456 g/mol. The average Bonchev–Trinajstić information content (AvgIpc) is 3.09. The molecule has 1 heterocycles. The molecule has 0 bridgehead atoms. The number of nitrogens with zero attached hydrogens (tertiary/aromatic N) is 3. The average molecular weight is 456 g/mol. The summed E-state index contributed by atoms with van der Waals surface area (Å²) in [6.07, 6.45) is -2.26. The predicted octanol–water partition coefficient (Wildman–Crippen LogP) is 3.78. The zero-order valence-corrected chi connectivity index (χ0v) is 17.5. The van der Waals surface area contributed by atoms with E-state index in [-0.39, 0.29) is 34.6 Å². The van der Waals surface area contributed by atoms with Crippen LogP contribution in [-0.2, 0) is 22.7 Å². The molecule has 0 aliphatic rings. The van der Waals surface area contributed by atoms with Crippen LogP contribution in [0.4, 0.5) is 17.6 Å². The quantitative estimate of drug-likeness (QED) is 0.573. The number of halogens is 4. The zero-order valence-electron chi connectivity index (χ0n) is 16.7. The third-order valence-corrected chi connectivity index (χ3v) is 6.49. The molecule has 6 nitrogen and oxygen atoms in total. The minimum absolute atomic E-state index is 0.00370. The number of allylic oxidation sites excluding steroid dienone is 1. The molecule has 31 heavy (non-hydrogen) atoms. The van der Waals surface area contributed by atoms with Gasteiger partial charge in [0.1, 0.15) is 5.83 Å². The second kappa shape index (κ2) is 8.40. The van der Waals surface area contributed by atoms with Gasteiger partial charge in [-0.15, -0.1) is 0 Å². The van der Waals surface area contributed by atoms with Gasteiger partial charge in [0.05, 0.1) is 34.4 Å². The van der Waals surface area contributed by atoms with Gasteiger partial charge in [-0.05, 0) is 35.9 Å². The fourth-order valence-electron chi connectivity index (χ4n) is 3.05. The molecule has 3 aromatic rings. The number of alkyl halides is 3. The van der Waals surface area contributed by atoms with Crippen LogP contribution in [0.15, 0.2) is 59.5 Å². The van der Waals surface area contributed by atoms with Crippen molar-refractivity contribution < 1.29 is 26.0 Å². The van der Waals surface area contributed by atoms with Crippen LogP contribution < -0.4 is 5.73 Å². The first kappa shape index (κ1) is 22.9. The van der Waals surface area contributed by atoms with Gasteiger partial charge >= 0.3 is 6.18 Å². The molecule has 0 atom stereocenters. The van der Waals surface area contributed by atoms with Gasteiger partial charge in [0.2, 0.25) is 10.0 Å². The number of sulfonamides is 1. The minimum atomic E-state index is -4.64. The van der Waals surface area contributed by atoms with Crippen molar-refractivity contribution in [3.63, 3.8) is 0 Å².